The number of cyclic esters (lactones) is 1. The molecule has 0 N–H and O–H groups in total. The molecule has 13 heteroatoms. The van der Waals surface area contributed by atoms with Crippen LogP contribution in [0, 0.1) is 0 Å². The molecule has 0 atom stereocenters. The van der Waals surface area contributed by atoms with Crippen LogP contribution in [0.5, 0.6) is 0 Å². The topological polar surface area (TPSA) is 95.4 Å². The van der Waals surface area contributed by atoms with Gasteiger partial charge in [-0.05, 0) is 40.5 Å². The third kappa shape index (κ3) is 3.38. The lowest BCUT2D eigenvalue weighted by Crippen LogP contribution is -2.34. The van der Waals surface area contributed by atoms with Crippen molar-refractivity contribution < 1.29 is 35.9 Å². The number of imidazole rings is 1. The largest absolute Gasteiger partial charge is 0.461 e. The summed E-state index contributed by atoms with van der Waals surface area (Å²) < 4.78 is 80.5. The highest BCUT2D eigenvalue weighted by atomic mass is 19.4. The molecule has 0 bridgehead atoms. The molecule has 1 aromatic carbocycles. The molecule has 0 fully saturated rings. The van der Waals surface area contributed by atoms with E-state index in [9.17, 15) is 26.7 Å². The molecular weight excluding hydrogens is 489 g/mol. The predicted molar refractivity (Wildman–Crippen MR) is 113 cm³/mol. The molecule has 4 aromatic heterocycles. The zero-order valence-electron chi connectivity index (χ0n) is 17.9. The minimum atomic E-state index is -5.87. The Morgan fingerprint density at radius 3 is 2.56 bits per heavy atom. The van der Waals surface area contributed by atoms with E-state index in [1.165, 1.54) is 16.7 Å². The Kier molecular flexibility index (Phi) is 4.62. The van der Waals surface area contributed by atoms with Crippen LogP contribution in [0.2, 0.25) is 0 Å². The van der Waals surface area contributed by atoms with E-state index in [1.807, 2.05) is 0 Å². The molecule has 0 saturated heterocycles. The summed E-state index contributed by atoms with van der Waals surface area (Å²) >= 11 is 0. The highest BCUT2D eigenvalue weighted by Gasteiger charge is 2.60. The Morgan fingerprint density at radius 1 is 0.972 bits per heavy atom. The van der Waals surface area contributed by atoms with E-state index in [0.29, 0.717) is 11.1 Å². The van der Waals surface area contributed by atoms with Crippen molar-refractivity contribution in [2.75, 3.05) is 0 Å². The SMILES string of the molecule is O=C1Cc2cc(-c3cc(C(F)(F)C(F)(F)F)nc4c3ccc3nc(-c5nnco5)cn34)ccc2CO1. The van der Waals surface area contributed by atoms with Crippen LogP contribution in [0.25, 0.3) is 39.4 Å². The van der Waals surface area contributed by atoms with Crippen molar-refractivity contribution in [3.8, 4) is 22.7 Å². The van der Waals surface area contributed by atoms with Gasteiger partial charge in [-0.25, -0.2) is 9.97 Å². The van der Waals surface area contributed by atoms with Gasteiger partial charge in [-0.15, -0.1) is 10.2 Å². The van der Waals surface area contributed by atoms with E-state index in [4.69, 9.17) is 9.15 Å². The van der Waals surface area contributed by atoms with E-state index >= 15 is 0 Å². The minimum Gasteiger partial charge on any atom is -0.461 e. The van der Waals surface area contributed by atoms with Gasteiger partial charge in [0.2, 0.25) is 6.39 Å². The van der Waals surface area contributed by atoms with Crippen molar-refractivity contribution in [3.05, 3.63) is 65.8 Å². The molecule has 0 aliphatic carbocycles. The smallest absolute Gasteiger partial charge is 0.459 e. The first-order chi connectivity index (χ1) is 17.1. The molecule has 1 aliphatic heterocycles. The Labute approximate surface area is 197 Å². The first-order valence-electron chi connectivity index (χ1n) is 10.4. The van der Waals surface area contributed by atoms with Crippen LogP contribution in [0.1, 0.15) is 16.8 Å². The molecule has 0 radical (unpaired) electrons. The monoisotopic (exact) mass is 501 g/mol. The fourth-order valence-corrected chi connectivity index (χ4v) is 4.13. The van der Waals surface area contributed by atoms with Gasteiger partial charge in [0.1, 0.15) is 29.3 Å². The van der Waals surface area contributed by atoms with Crippen LogP contribution in [0.15, 0.2) is 53.4 Å². The Hall–Kier alpha value is -4.42. The van der Waals surface area contributed by atoms with Crippen molar-refractivity contribution in [2.45, 2.75) is 25.1 Å². The number of fused-ring (bicyclic) bond motifs is 4. The number of carbonyl (C=O) groups is 1. The van der Waals surface area contributed by atoms with E-state index in [0.717, 1.165) is 18.0 Å². The fraction of sp³-hybridized carbons (Fsp3) is 0.174. The highest BCUT2D eigenvalue weighted by molar-refractivity contribution is 5.95. The Bertz CT molecular complexity index is 1660. The number of alkyl halides is 5. The van der Waals surface area contributed by atoms with E-state index in [1.54, 1.807) is 24.3 Å². The molecular formula is C23H12F5N5O3. The average Bonchev–Trinajstić information content (AvgIpc) is 3.52. The summed E-state index contributed by atoms with van der Waals surface area (Å²) in [7, 11) is 0. The second kappa shape index (κ2) is 7.54. The number of pyridine rings is 2. The summed E-state index contributed by atoms with van der Waals surface area (Å²) in [6.45, 7) is 0.0526. The maximum absolute atomic E-state index is 14.5. The standard InChI is InChI=1S/C23H12F5N5O3/c24-22(25,23(26,27)28)17-7-15(11-1-2-12-9-35-19(34)6-13(12)5-11)14-3-4-18-30-16(21-32-29-10-36-21)8-33(18)20(14)31-17/h1-5,7-8,10H,6,9H2. The third-order valence-electron chi connectivity index (χ3n) is 5.90. The van der Waals surface area contributed by atoms with Gasteiger partial charge in [0.15, 0.2) is 0 Å². The van der Waals surface area contributed by atoms with Gasteiger partial charge in [0, 0.05) is 11.6 Å². The van der Waals surface area contributed by atoms with Crippen LogP contribution in [-0.4, -0.2) is 36.7 Å². The third-order valence-corrected chi connectivity index (χ3v) is 5.90. The first-order valence-corrected chi connectivity index (χ1v) is 10.4. The van der Waals surface area contributed by atoms with Crippen molar-refractivity contribution in [2.24, 2.45) is 0 Å². The summed E-state index contributed by atoms with van der Waals surface area (Å²) in [5, 5.41) is 7.59. The molecule has 6 rings (SSSR count). The second-order valence-corrected chi connectivity index (χ2v) is 8.12. The predicted octanol–water partition coefficient (Wildman–Crippen LogP) is 4.85. The Balaban J connectivity index is 1.64. The van der Waals surface area contributed by atoms with Gasteiger partial charge in [-0.2, -0.15) is 22.0 Å². The summed E-state index contributed by atoms with van der Waals surface area (Å²) in [6, 6.07) is 8.62. The molecule has 5 heterocycles. The number of halogens is 5. The molecule has 8 nitrogen and oxygen atoms in total. The van der Waals surface area contributed by atoms with Crippen LogP contribution in [0.4, 0.5) is 22.0 Å². The number of hydrogen-bond acceptors (Lipinski definition) is 7. The molecule has 0 unspecified atom stereocenters. The summed E-state index contributed by atoms with van der Waals surface area (Å²) in [4.78, 5) is 19.8. The van der Waals surface area contributed by atoms with Crippen LogP contribution < -0.4 is 0 Å². The van der Waals surface area contributed by atoms with Crippen molar-refractivity contribution in [1.82, 2.24) is 24.6 Å². The molecule has 0 spiro atoms. The summed E-state index contributed by atoms with van der Waals surface area (Å²) in [5.41, 5.74) is 0.481. The minimum absolute atomic E-state index is 0.0328. The fourth-order valence-electron chi connectivity index (χ4n) is 4.13. The number of nitrogens with zero attached hydrogens (tertiary/aromatic N) is 5. The zero-order chi connectivity index (χ0) is 25.2. The maximum Gasteiger partial charge on any atom is 0.459 e. The molecule has 182 valence electrons. The normalized spacial score (nSPS) is 14.3. The van der Waals surface area contributed by atoms with Crippen molar-refractivity contribution >= 4 is 22.6 Å². The maximum atomic E-state index is 14.5. The molecule has 1 aliphatic rings. The molecule has 5 aromatic rings. The van der Waals surface area contributed by atoms with Crippen LogP contribution in [0.3, 0.4) is 0 Å². The lowest BCUT2D eigenvalue weighted by atomic mass is 9.94. The lowest BCUT2D eigenvalue weighted by molar-refractivity contribution is -0.290. The number of esters is 1. The number of aromatic nitrogens is 5. The number of carbonyl (C=O) groups excluding carboxylic acids is 1. The second-order valence-electron chi connectivity index (χ2n) is 8.12. The van der Waals surface area contributed by atoms with E-state index in [2.05, 4.69) is 20.2 Å². The van der Waals surface area contributed by atoms with E-state index in [-0.39, 0.29) is 46.9 Å². The Morgan fingerprint density at radius 2 is 1.81 bits per heavy atom. The highest BCUT2D eigenvalue weighted by Crippen LogP contribution is 2.45. The van der Waals surface area contributed by atoms with Gasteiger partial charge < -0.3 is 9.15 Å². The number of ether oxygens (including phenoxy) is 1. The average molecular weight is 501 g/mol. The van der Waals surface area contributed by atoms with Crippen molar-refractivity contribution in [3.63, 3.8) is 0 Å². The number of rotatable bonds is 3. The zero-order valence-corrected chi connectivity index (χ0v) is 17.9. The summed E-state index contributed by atoms with van der Waals surface area (Å²) in [5.74, 6) is -5.66. The summed E-state index contributed by atoms with van der Waals surface area (Å²) in [6.07, 6.45) is -3.48. The van der Waals surface area contributed by atoms with Gasteiger partial charge in [0.25, 0.3) is 5.89 Å². The molecule has 0 saturated carbocycles. The number of hydrogen-bond donors (Lipinski definition) is 0. The van der Waals surface area contributed by atoms with Gasteiger partial charge in [0.05, 0.1) is 6.42 Å². The quantitative estimate of drug-likeness (QED) is 0.258. The molecule has 36 heavy (non-hydrogen) atoms. The lowest BCUT2D eigenvalue weighted by Gasteiger charge is -2.21. The van der Waals surface area contributed by atoms with Gasteiger partial charge >= 0.3 is 18.1 Å². The van der Waals surface area contributed by atoms with E-state index < -0.39 is 23.8 Å². The first kappa shape index (κ1) is 22.1. The van der Waals surface area contributed by atoms with Crippen molar-refractivity contribution in [1.29, 1.82) is 0 Å². The number of benzene rings is 1. The van der Waals surface area contributed by atoms with Gasteiger partial charge in [-0.1, -0.05) is 18.2 Å². The van der Waals surface area contributed by atoms with Crippen LogP contribution in [-0.2, 0) is 28.5 Å². The van der Waals surface area contributed by atoms with Crippen LogP contribution >= 0.6 is 0 Å². The van der Waals surface area contributed by atoms with Gasteiger partial charge in [-0.3, -0.25) is 9.20 Å². The molecule has 0 amide bonds.